The monoisotopic (exact) mass is 273 g/mol. The van der Waals surface area contributed by atoms with E-state index >= 15 is 0 Å². The van der Waals surface area contributed by atoms with Crippen molar-refractivity contribution in [2.24, 2.45) is 0 Å². The maximum Gasteiger partial charge on any atom is 0.299 e. The van der Waals surface area contributed by atoms with Gasteiger partial charge >= 0.3 is 0 Å². The van der Waals surface area contributed by atoms with Crippen molar-refractivity contribution in [1.29, 1.82) is 0 Å². The number of para-hydroxylation sites is 1. The molecule has 7 nitrogen and oxygen atoms in total. The van der Waals surface area contributed by atoms with Crippen LogP contribution < -0.4 is 5.32 Å². The summed E-state index contributed by atoms with van der Waals surface area (Å²) >= 11 is 0. The fourth-order valence-electron chi connectivity index (χ4n) is 1.74. The summed E-state index contributed by atoms with van der Waals surface area (Å²) in [5.41, 5.74) is 0.784. The van der Waals surface area contributed by atoms with Crippen LogP contribution >= 0.6 is 0 Å². The van der Waals surface area contributed by atoms with E-state index in [1.807, 2.05) is 19.1 Å². The van der Waals surface area contributed by atoms with Gasteiger partial charge in [0.25, 0.3) is 11.4 Å². The summed E-state index contributed by atoms with van der Waals surface area (Å²) < 4.78 is 0. The topological polar surface area (TPSA) is 98.3 Å². The van der Waals surface area contributed by atoms with Gasteiger partial charge < -0.3 is 5.32 Å². The number of nitrogens with one attached hydrogen (secondary N) is 1. The zero-order chi connectivity index (χ0) is 14.7. The second-order valence-electron chi connectivity index (χ2n) is 4.18. The molecule has 0 aliphatic rings. The molecule has 0 heterocycles. The third-order valence-corrected chi connectivity index (χ3v) is 2.73. The van der Waals surface area contributed by atoms with Crippen molar-refractivity contribution < 1.29 is 9.85 Å². The Kier molecular flexibility index (Phi) is 3.60. The highest BCUT2D eigenvalue weighted by molar-refractivity contribution is 5.78. The highest BCUT2D eigenvalue weighted by Crippen LogP contribution is 2.36. The van der Waals surface area contributed by atoms with Gasteiger partial charge in [-0.15, -0.1) is 0 Å². The van der Waals surface area contributed by atoms with Crippen LogP contribution in [0.2, 0.25) is 0 Å². The molecule has 0 fully saturated rings. The van der Waals surface area contributed by atoms with Crippen LogP contribution in [-0.2, 0) is 0 Å². The molecule has 0 saturated carbocycles. The molecule has 0 amide bonds. The highest BCUT2D eigenvalue weighted by atomic mass is 16.6. The molecule has 1 N–H and O–H groups in total. The van der Waals surface area contributed by atoms with Crippen LogP contribution in [0.5, 0.6) is 0 Å². The number of nitrogens with zero attached hydrogens (tertiary/aromatic N) is 2. The van der Waals surface area contributed by atoms with E-state index in [4.69, 9.17) is 0 Å². The van der Waals surface area contributed by atoms with Gasteiger partial charge in [-0.1, -0.05) is 17.7 Å². The largest absolute Gasteiger partial charge is 0.344 e. The van der Waals surface area contributed by atoms with E-state index in [0.29, 0.717) is 5.69 Å². The predicted molar refractivity (Wildman–Crippen MR) is 74.2 cm³/mol. The summed E-state index contributed by atoms with van der Waals surface area (Å²) in [6.45, 7) is 1.90. The van der Waals surface area contributed by atoms with Crippen LogP contribution in [0.1, 0.15) is 5.56 Å². The number of nitro groups is 2. The average Bonchev–Trinajstić information content (AvgIpc) is 2.41. The van der Waals surface area contributed by atoms with E-state index in [9.17, 15) is 20.2 Å². The minimum absolute atomic E-state index is 0.119. The number of aryl methyl sites for hydroxylation is 1. The fraction of sp³-hybridized carbons (Fsp3) is 0.0769. The standard InChI is InChI=1S/C13H11N3O4/c1-9-5-7-10(8-6-9)14-13-11(15(17)18)3-2-4-12(13)16(19)20/h2-8,14H,1H3. The molecule has 0 aromatic heterocycles. The Hall–Kier alpha value is -2.96. The molecule has 0 atom stereocenters. The van der Waals surface area contributed by atoms with Crippen molar-refractivity contribution in [1.82, 2.24) is 0 Å². The maximum atomic E-state index is 11.0. The normalized spacial score (nSPS) is 10.1. The van der Waals surface area contributed by atoms with Gasteiger partial charge in [0.1, 0.15) is 0 Å². The molecular formula is C13H11N3O4. The Morgan fingerprint density at radius 2 is 1.40 bits per heavy atom. The molecule has 0 spiro atoms. The van der Waals surface area contributed by atoms with E-state index < -0.39 is 9.85 Å². The second kappa shape index (κ2) is 5.35. The smallest absolute Gasteiger partial charge is 0.299 e. The van der Waals surface area contributed by atoms with Gasteiger partial charge in [0.15, 0.2) is 5.69 Å². The first-order valence-electron chi connectivity index (χ1n) is 5.74. The molecule has 0 unspecified atom stereocenters. The lowest BCUT2D eigenvalue weighted by Gasteiger charge is -2.07. The van der Waals surface area contributed by atoms with Crippen LogP contribution in [0.25, 0.3) is 0 Å². The molecule has 2 aromatic rings. The van der Waals surface area contributed by atoms with Crippen molar-refractivity contribution in [2.75, 3.05) is 5.32 Å². The summed E-state index contributed by atoms with van der Waals surface area (Å²) in [4.78, 5) is 20.7. The highest BCUT2D eigenvalue weighted by Gasteiger charge is 2.24. The second-order valence-corrected chi connectivity index (χ2v) is 4.18. The van der Waals surface area contributed by atoms with Crippen LogP contribution in [0.3, 0.4) is 0 Å². The van der Waals surface area contributed by atoms with Gasteiger partial charge in [-0.05, 0) is 25.1 Å². The van der Waals surface area contributed by atoms with E-state index in [1.54, 1.807) is 12.1 Å². The minimum atomic E-state index is -0.649. The Balaban J connectivity index is 2.50. The van der Waals surface area contributed by atoms with Gasteiger partial charge in [-0.25, -0.2) is 0 Å². The van der Waals surface area contributed by atoms with Crippen LogP contribution in [0, 0.1) is 27.2 Å². The van der Waals surface area contributed by atoms with E-state index in [0.717, 1.165) is 5.56 Å². The number of anilines is 2. The Labute approximate surface area is 114 Å². The van der Waals surface area contributed by atoms with Crippen LogP contribution in [0.4, 0.5) is 22.7 Å². The quantitative estimate of drug-likeness (QED) is 0.678. The first-order valence-corrected chi connectivity index (χ1v) is 5.74. The number of nitro benzene ring substituents is 2. The summed E-state index contributed by atoms with van der Waals surface area (Å²) in [5, 5.41) is 24.7. The number of hydrogen-bond donors (Lipinski definition) is 1. The fourth-order valence-corrected chi connectivity index (χ4v) is 1.74. The predicted octanol–water partition coefficient (Wildman–Crippen LogP) is 3.56. The van der Waals surface area contributed by atoms with E-state index in [2.05, 4.69) is 5.32 Å². The Bertz CT molecular complexity index is 636. The lowest BCUT2D eigenvalue weighted by molar-refractivity contribution is -0.392. The van der Waals surface area contributed by atoms with E-state index in [-0.39, 0.29) is 17.1 Å². The van der Waals surface area contributed by atoms with E-state index in [1.165, 1.54) is 18.2 Å². The molecule has 0 radical (unpaired) electrons. The summed E-state index contributed by atoms with van der Waals surface area (Å²) in [5.74, 6) is 0. The van der Waals surface area contributed by atoms with Crippen molar-refractivity contribution in [3.63, 3.8) is 0 Å². The minimum Gasteiger partial charge on any atom is -0.344 e. The summed E-state index contributed by atoms with van der Waals surface area (Å²) in [7, 11) is 0. The number of rotatable bonds is 4. The molecule has 2 rings (SSSR count). The van der Waals surface area contributed by atoms with Gasteiger partial charge in [-0.3, -0.25) is 20.2 Å². The molecule has 0 aliphatic heterocycles. The molecule has 0 aliphatic carbocycles. The zero-order valence-corrected chi connectivity index (χ0v) is 10.6. The van der Waals surface area contributed by atoms with Gasteiger partial charge in [0, 0.05) is 17.8 Å². The first-order chi connectivity index (χ1) is 9.49. The third-order valence-electron chi connectivity index (χ3n) is 2.73. The van der Waals surface area contributed by atoms with Gasteiger partial charge in [-0.2, -0.15) is 0 Å². The first kappa shape index (κ1) is 13.5. The lowest BCUT2D eigenvalue weighted by Crippen LogP contribution is -2.01. The molecule has 20 heavy (non-hydrogen) atoms. The van der Waals surface area contributed by atoms with Crippen molar-refractivity contribution in [3.8, 4) is 0 Å². The molecule has 0 bridgehead atoms. The molecule has 0 saturated heterocycles. The van der Waals surface area contributed by atoms with Crippen LogP contribution in [-0.4, -0.2) is 9.85 Å². The van der Waals surface area contributed by atoms with Gasteiger partial charge in [0.2, 0.25) is 0 Å². The Morgan fingerprint density at radius 3 is 1.85 bits per heavy atom. The van der Waals surface area contributed by atoms with Crippen molar-refractivity contribution in [2.45, 2.75) is 6.92 Å². The SMILES string of the molecule is Cc1ccc(Nc2c([N+](=O)[O-])cccc2[N+](=O)[O-])cc1. The maximum absolute atomic E-state index is 11.0. The zero-order valence-electron chi connectivity index (χ0n) is 10.6. The molecule has 2 aromatic carbocycles. The van der Waals surface area contributed by atoms with Gasteiger partial charge in [0.05, 0.1) is 9.85 Å². The summed E-state index contributed by atoms with van der Waals surface area (Å²) in [6, 6.07) is 10.8. The number of hydrogen-bond acceptors (Lipinski definition) is 5. The lowest BCUT2D eigenvalue weighted by atomic mass is 10.2. The average molecular weight is 273 g/mol. The molecular weight excluding hydrogens is 262 g/mol. The number of benzene rings is 2. The third kappa shape index (κ3) is 2.72. The van der Waals surface area contributed by atoms with Crippen molar-refractivity contribution >= 4 is 22.7 Å². The summed E-state index contributed by atoms with van der Waals surface area (Å²) in [6.07, 6.45) is 0. The molecule has 7 heteroatoms. The Morgan fingerprint density at radius 1 is 0.900 bits per heavy atom. The van der Waals surface area contributed by atoms with Crippen molar-refractivity contribution in [3.05, 3.63) is 68.3 Å². The van der Waals surface area contributed by atoms with Crippen LogP contribution in [0.15, 0.2) is 42.5 Å². The molecule has 102 valence electrons.